The summed E-state index contributed by atoms with van der Waals surface area (Å²) in [4.78, 5) is 24.8. The van der Waals surface area contributed by atoms with Crippen molar-refractivity contribution in [1.82, 2.24) is 4.90 Å². The Labute approximate surface area is 187 Å². The molecule has 9 nitrogen and oxygen atoms in total. The van der Waals surface area contributed by atoms with E-state index in [4.69, 9.17) is 8.92 Å². The van der Waals surface area contributed by atoms with Gasteiger partial charge in [-0.25, -0.2) is 0 Å². The minimum Gasteiger partial charge on any atom is -0.493 e. The van der Waals surface area contributed by atoms with Crippen molar-refractivity contribution in [2.75, 3.05) is 13.4 Å². The second-order valence-corrected chi connectivity index (χ2v) is 8.75. The molecule has 2 rings (SSSR count). The molecule has 0 aliphatic rings. The highest BCUT2D eigenvalue weighted by Gasteiger charge is 2.19. The van der Waals surface area contributed by atoms with E-state index < -0.39 is 15.0 Å². The van der Waals surface area contributed by atoms with Crippen LogP contribution in [0.15, 0.2) is 48.5 Å². The number of ether oxygens (including phenoxy) is 1. The van der Waals surface area contributed by atoms with Gasteiger partial charge in [0.15, 0.2) is 11.5 Å². The number of nitro benzene ring substituents is 1. The highest BCUT2D eigenvalue weighted by molar-refractivity contribution is 7.86. The first-order valence-corrected chi connectivity index (χ1v) is 11.6. The third kappa shape index (κ3) is 7.09. The number of methoxy groups -OCH3 is 1. The average Bonchev–Trinajstić information content (AvgIpc) is 2.74. The summed E-state index contributed by atoms with van der Waals surface area (Å²) in [5.41, 5.74) is 1.30. The lowest BCUT2D eigenvalue weighted by Crippen LogP contribution is -2.36. The van der Waals surface area contributed by atoms with E-state index in [0.29, 0.717) is 17.5 Å². The third-order valence-electron chi connectivity index (χ3n) is 4.75. The van der Waals surface area contributed by atoms with Crippen molar-refractivity contribution < 1.29 is 27.1 Å². The Balaban J connectivity index is 2.25. The Morgan fingerprint density at radius 1 is 1.19 bits per heavy atom. The van der Waals surface area contributed by atoms with Crippen LogP contribution in [0.2, 0.25) is 0 Å². The van der Waals surface area contributed by atoms with Crippen LogP contribution in [0.5, 0.6) is 11.5 Å². The van der Waals surface area contributed by atoms with E-state index in [0.717, 1.165) is 6.26 Å². The lowest BCUT2D eigenvalue weighted by atomic mass is 10.1. The summed E-state index contributed by atoms with van der Waals surface area (Å²) in [6.07, 6.45) is 4.65. The van der Waals surface area contributed by atoms with E-state index in [1.165, 1.54) is 31.4 Å². The predicted molar refractivity (Wildman–Crippen MR) is 121 cm³/mol. The molecule has 32 heavy (non-hydrogen) atoms. The van der Waals surface area contributed by atoms with Crippen molar-refractivity contribution in [2.45, 2.75) is 32.9 Å². The first-order chi connectivity index (χ1) is 15.0. The fraction of sp³-hybridized carbons (Fsp3) is 0.318. The minimum absolute atomic E-state index is 0.0265. The quantitative estimate of drug-likeness (QED) is 0.228. The molecule has 2 aromatic carbocycles. The zero-order valence-corrected chi connectivity index (χ0v) is 19.2. The first-order valence-electron chi connectivity index (χ1n) is 9.83. The SMILES string of the molecule is CC[C@@H](C)N(Cc1ccc(OC)c(OS(C)(=O)=O)c1)C(=O)/C=C/c1ccc([N+](=O)[O-])cc1. The smallest absolute Gasteiger partial charge is 0.306 e. The molecule has 0 bridgehead atoms. The fourth-order valence-electron chi connectivity index (χ4n) is 2.89. The Morgan fingerprint density at radius 3 is 2.38 bits per heavy atom. The lowest BCUT2D eigenvalue weighted by molar-refractivity contribution is -0.384. The van der Waals surface area contributed by atoms with E-state index in [1.54, 1.807) is 35.2 Å². The number of carbonyl (C=O) groups excluding carboxylic acids is 1. The van der Waals surface area contributed by atoms with E-state index >= 15 is 0 Å². The zero-order valence-electron chi connectivity index (χ0n) is 18.3. The van der Waals surface area contributed by atoms with Crippen LogP contribution in [-0.4, -0.2) is 43.6 Å². The number of hydrogen-bond donors (Lipinski definition) is 0. The van der Waals surface area contributed by atoms with Crippen molar-refractivity contribution in [1.29, 1.82) is 0 Å². The molecule has 0 fully saturated rings. The summed E-state index contributed by atoms with van der Waals surface area (Å²) in [6.45, 7) is 4.09. The van der Waals surface area contributed by atoms with Gasteiger partial charge >= 0.3 is 10.1 Å². The number of rotatable bonds is 10. The van der Waals surface area contributed by atoms with Gasteiger partial charge in [-0.2, -0.15) is 8.42 Å². The molecule has 0 unspecified atom stereocenters. The van der Waals surface area contributed by atoms with Crippen LogP contribution in [0.4, 0.5) is 5.69 Å². The summed E-state index contributed by atoms with van der Waals surface area (Å²) in [5, 5.41) is 10.8. The molecule has 0 saturated carbocycles. The van der Waals surface area contributed by atoms with Gasteiger partial charge in [-0.3, -0.25) is 14.9 Å². The topological polar surface area (TPSA) is 116 Å². The molecule has 0 radical (unpaired) electrons. The van der Waals surface area contributed by atoms with Gasteiger partial charge in [0.25, 0.3) is 5.69 Å². The molecule has 2 aromatic rings. The summed E-state index contributed by atoms with van der Waals surface area (Å²) >= 11 is 0. The van der Waals surface area contributed by atoms with E-state index in [-0.39, 0.29) is 35.7 Å². The molecule has 0 N–H and O–H groups in total. The predicted octanol–water partition coefficient (Wildman–Crippen LogP) is 3.78. The molecular weight excluding hydrogens is 436 g/mol. The largest absolute Gasteiger partial charge is 0.493 e. The molecule has 0 aliphatic heterocycles. The van der Waals surface area contributed by atoms with Crippen molar-refractivity contribution >= 4 is 27.8 Å². The molecule has 0 heterocycles. The van der Waals surface area contributed by atoms with Crippen LogP contribution in [0.3, 0.4) is 0 Å². The highest BCUT2D eigenvalue weighted by Crippen LogP contribution is 2.30. The number of carbonyl (C=O) groups is 1. The summed E-state index contributed by atoms with van der Waals surface area (Å²) in [7, 11) is -2.35. The van der Waals surface area contributed by atoms with Crippen LogP contribution in [0.1, 0.15) is 31.4 Å². The zero-order chi connectivity index (χ0) is 23.9. The van der Waals surface area contributed by atoms with Gasteiger partial charge in [0.2, 0.25) is 5.91 Å². The minimum atomic E-state index is -3.75. The molecule has 0 aliphatic carbocycles. The molecule has 10 heteroatoms. The Bertz CT molecular complexity index is 1100. The van der Waals surface area contributed by atoms with Gasteiger partial charge < -0.3 is 13.8 Å². The van der Waals surface area contributed by atoms with Crippen molar-refractivity contribution in [3.8, 4) is 11.5 Å². The lowest BCUT2D eigenvalue weighted by Gasteiger charge is -2.28. The second kappa shape index (κ2) is 10.8. The molecule has 1 atom stereocenters. The maximum Gasteiger partial charge on any atom is 0.306 e. The Hall–Kier alpha value is -3.40. The highest BCUT2D eigenvalue weighted by atomic mass is 32.2. The molecule has 1 amide bonds. The van der Waals surface area contributed by atoms with Crippen molar-refractivity contribution in [2.24, 2.45) is 0 Å². The molecule has 172 valence electrons. The summed E-state index contributed by atoms with van der Waals surface area (Å²) in [5.74, 6) is 0.0585. The van der Waals surface area contributed by atoms with Crippen molar-refractivity contribution in [3.63, 3.8) is 0 Å². The summed E-state index contributed by atoms with van der Waals surface area (Å²) < 4.78 is 33.3. The second-order valence-electron chi connectivity index (χ2n) is 7.18. The standard InChI is InChI=1S/C22H26N2O7S/c1-5-16(2)23(22(25)13-9-17-6-10-19(11-7-17)24(26)27)15-18-8-12-20(30-3)21(14-18)31-32(4,28)29/h6-14,16H,5,15H2,1-4H3/b13-9+/t16-/m1/s1. The first kappa shape index (κ1) is 24.9. The summed E-state index contributed by atoms with van der Waals surface area (Å²) in [6, 6.07) is 10.6. The normalized spacial score (nSPS) is 12.4. The van der Waals surface area contributed by atoms with Crippen LogP contribution >= 0.6 is 0 Å². The van der Waals surface area contributed by atoms with Gasteiger partial charge in [-0.05, 0) is 54.8 Å². The maximum atomic E-state index is 12.9. The van der Waals surface area contributed by atoms with Crippen LogP contribution < -0.4 is 8.92 Å². The Morgan fingerprint density at radius 2 is 1.84 bits per heavy atom. The molecule has 0 spiro atoms. The molecule has 0 aromatic heterocycles. The van der Waals surface area contributed by atoms with E-state index in [1.807, 2.05) is 13.8 Å². The monoisotopic (exact) mass is 462 g/mol. The number of nitro groups is 1. The Kier molecular flexibility index (Phi) is 8.36. The number of benzene rings is 2. The van der Waals surface area contributed by atoms with Crippen molar-refractivity contribution in [3.05, 3.63) is 69.8 Å². The van der Waals surface area contributed by atoms with Gasteiger partial charge in [0.1, 0.15) is 0 Å². The van der Waals surface area contributed by atoms with Gasteiger partial charge in [-0.1, -0.05) is 13.0 Å². The van der Waals surface area contributed by atoms with Gasteiger partial charge in [-0.15, -0.1) is 0 Å². The van der Waals surface area contributed by atoms with E-state index in [9.17, 15) is 23.3 Å². The van der Waals surface area contributed by atoms with Crippen LogP contribution in [0.25, 0.3) is 6.08 Å². The van der Waals surface area contributed by atoms with Gasteiger partial charge in [0.05, 0.1) is 18.3 Å². The van der Waals surface area contributed by atoms with Crippen LogP contribution in [0, 0.1) is 10.1 Å². The fourth-order valence-corrected chi connectivity index (χ4v) is 3.34. The number of nitrogens with zero attached hydrogens (tertiary/aromatic N) is 2. The molecule has 0 saturated heterocycles. The average molecular weight is 463 g/mol. The number of non-ortho nitro benzene ring substituents is 1. The maximum absolute atomic E-state index is 12.9. The van der Waals surface area contributed by atoms with Crippen LogP contribution in [-0.2, 0) is 21.5 Å². The van der Waals surface area contributed by atoms with Gasteiger partial charge in [0, 0.05) is 30.8 Å². The number of hydrogen-bond acceptors (Lipinski definition) is 7. The van der Waals surface area contributed by atoms with E-state index in [2.05, 4.69) is 0 Å². The molecular formula is C22H26N2O7S. The third-order valence-corrected chi connectivity index (χ3v) is 5.23. The number of amides is 1.